The van der Waals surface area contributed by atoms with Gasteiger partial charge in [0.25, 0.3) is 5.89 Å². The number of hydrogen-bond acceptors (Lipinski definition) is 7. The van der Waals surface area contributed by atoms with Crippen LogP contribution >= 0.6 is 0 Å². The molecule has 3 heterocycles. The number of pyridine rings is 1. The van der Waals surface area contributed by atoms with Crippen molar-refractivity contribution in [2.24, 2.45) is 0 Å². The van der Waals surface area contributed by atoms with Gasteiger partial charge in [-0.15, -0.1) is 0 Å². The summed E-state index contributed by atoms with van der Waals surface area (Å²) in [5, 5.41) is 13.5. The number of nitrogens with zero attached hydrogens (tertiary/aromatic N) is 3. The number of hydrogen-bond donors (Lipinski definition) is 1. The van der Waals surface area contributed by atoms with Crippen LogP contribution in [-0.4, -0.2) is 31.6 Å². The van der Waals surface area contributed by atoms with Crippen molar-refractivity contribution in [3.8, 4) is 34.3 Å². The van der Waals surface area contributed by atoms with E-state index in [-0.39, 0.29) is 17.4 Å². The number of ether oxygens (including phenoxy) is 1. The molecule has 1 aromatic carbocycles. The Bertz CT molecular complexity index is 1010. The van der Waals surface area contributed by atoms with Crippen molar-refractivity contribution >= 4 is 5.78 Å². The second kappa shape index (κ2) is 6.50. The van der Waals surface area contributed by atoms with Crippen LogP contribution in [0, 0.1) is 0 Å². The smallest absolute Gasteiger partial charge is 0.258 e. The average molecular weight is 365 g/mol. The van der Waals surface area contributed by atoms with Crippen LogP contribution in [0.2, 0.25) is 0 Å². The number of rotatable bonds is 4. The van der Waals surface area contributed by atoms with Crippen LogP contribution in [0.1, 0.15) is 43.5 Å². The Kier molecular flexibility index (Phi) is 4.14. The SMILES string of the molecule is CCC1(CC)CC(=O)c2cc(-c3nc(-c4cncc(O)c4)no3)ccc2O1. The minimum absolute atomic E-state index is 0.0192. The lowest BCUT2D eigenvalue weighted by atomic mass is 9.85. The maximum absolute atomic E-state index is 12.7. The fourth-order valence-corrected chi connectivity index (χ4v) is 3.28. The van der Waals surface area contributed by atoms with Crippen molar-refractivity contribution < 1.29 is 19.2 Å². The first-order chi connectivity index (χ1) is 13.0. The molecule has 0 fully saturated rings. The highest BCUT2D eigenvalue weighted by Crippen LogP contribution is 2.39. The van der Waals surface area contributed by atoms with Crippen LogP contribution in [-0.2, 0) is 0 Å². The molecule has 2 aromatic heterocycles. The number of Topliss-reactive ketones (excluding diaryl/α,β-unsaturated/α-hetero) is 1. The van der Waals surface area contributed by atoms with Gasteiger partial charge in [-0.2, -0.15) is 4.98 Å². The summed E-state index contributed by atoms with van der Waals surface area (Å²) in [7, 11) is 0. The topological polar surface area (TPSA) is 98.3 Å². The first-order valence-electron chi connectivity index (χ1n) is 8.88. The first-order valence-corrected chi connectivity index (χ1v) is 8.88. The van der Waals surface area contributed by atoms with Crippen molar-refractivity contribution in [3.63, 3.8) is 0 Å². The van der Waals surface area contributed by atoms with E-state index >= 15 is 0 Å². The summed E-state index contributed by atoms with van der Waals surface area (Å²) in [6, 6.07) is 6.80. The van der Waals surface area contributed by atoms with Crippen molar-refractivity contribution in [1.82, 2.24) is 15.1 Å². The van der Waals surface area contributed by atoms with Crippen molar-refractivity contribution in [2.45, 2.75) is 38.7 Å². The van der Waals surface area contributed by atoms with Gasteiger partial charge in [-0.3, -0.25) is 9.78 Å². The van der Waals surface area contributed by atoms with E-state index in [0.29, 0.717) is 34.7 Å². The number of ketones is 1. The van der Waals surface area contributed by atoms with Gasteiger partial charge in [0.05, 0.1) is 18.2 Å². The van der Waals surface area contributed by atoms with Crippen LogP contribution in [0.5, 0.6) is 11.5 Å². The second-order valence-electron chi connectivity index (χ2n) is 6.66. The molecular formula is C20H19N3O4. The molecule has 1 N–H and O–H groups in total. The predicted octanol–water partition coefficient (Wildman–Crippen LogP) is 4.03. The molecule has 0 unspecified atom stereocenters. The average Bonchev–Trinajstić information content (AvgIpc) is 3.18. The normalized spacial score (nSPS) is 15.3. The zero-order chi connectivity index (χ0) is 19.0. The highest BCUT2D eigenvalue weighted by Gasteiger charge is 2.37. The highest BCUT2D eigenvalue weighted by molar-refractivity contribution is 6.01. The molecule has 7 nitrogen and oxygen atoms in total. The van der Waals surface area contributed by atoms with Crippen LogP contribution < -0.4 is 4.74 Å². The minimum atomic E-state index is -0.425. The lowest BCUT2D eigenvalue weighted by Crippen LogP contribution is -2.40. The third-order valence-corrected chi connectivity index (χ3v) is 5.03. The molecule has 138 valence electrons. The Morgan fingerprint density at radius 1 is 1.15 bits per heavy atom. The maximum Gasteiger partial charge on any atom is 0.258 e. The molecule has 0 amide bonds. The van der Waals surface area contributed by atoms with Gasteiger partial charge >= 0.3 is 0 Å². The van der Waals surface area contributed by atoms with Gasteiger partial charge in [-0.1, -0.05) is 19.0 Å². The largest absolute Gasteiger partial charge is 0.506 e. The van der Waals surface area contributed by atoms with E-state index in [1.165, 1.54) is 18.5 Å². The molecule has 1 aliphatic rings. The zero-order valence-corrected chi connectivity index (χ0v) is 15.1. The van der Waals surface area contributed by atoms with Crippen LogP contribution in [0.15, 0.2) is 41.2 Å². The molecular weight excluding hydrogens is 346 g/mol. The fourth-order valence-electron chi connectivity index (χ4n) is 3.28. The quantitative estimate of drug-likeness (QED) is 0.745. The summed E-state index contributed by atoms with van der Waals surface area (Å²) >= 11 is 0. The van der Waals surface area contributed by atoms with Gasteiger partial charge in [0.15, 0.2) is 5.78 Å². The third-order valence-electron chi connectivity index (χ3n) is 5.03. The summed E-state index contributed by atoms with van der Waals surface area (Å²) in [4.78, 5) is 20.9. The van der Waals surface area contributed by atoms with Gasteiger partial charge < -0.3 is 14.4 Å². The van der Waals surface area contributed by atoms with Gasteiger partial charge in [0, 0.05) is 17.3 Å². The molecule has 7 heteroatoms. The standard InChI is InChI=1S/C20H19N3O4/c1-3-20(4-2)9-16(25)15-8-12(5-6-17(15)26-20)19-22-18(23-27-19)13-7-14(24)11-21-10-13/h5-8,10-11,24H,3-4,9H2,1-2H3. The molecule has 0 radical (unpaired) electrons. The monoisotopic (exact) mass is 365 g/mol. The Morgan fingerprint density at radius 3 is 2.70 bits per heavy atom. The molecule has 0 saturated heterocycles. The van der Waals surface area contributed by atoms with Crippen molar-refractivity contribution in [3.05, 3.63) is 42.2 Å². The molecule has 0 aliphatic carbocycles. The lowest BCUT2D eigenvalue weighted by Gasteiger charge is -2.36. The maximum atomic E-state index is 12.7. The summed E-state index contributed by atoms with van der Waals surface area (Å²) in [6.07, 6.45) is 4.78. The number of carbonyl (C=O) groups excluding carboxylic acids is 1. The number of benzene rings is 1. The molecule has 0 atom stereocenters. The van der Waals surface area contributed by atoms with Crippen molar-refractivity contribution in [2.75, 3.05) is 0 Å². The van der Waals surface area contributed by atoms with E-state index < -0.39 is 5.60 Å². The third kappa shape index (κ3) is 3.05. The first kappa shape index (κ1) is 17.2. The number of carbonyl (C=O) groups is 1. The highest BCUT2D eigenvalue weighted by atomic mass is 16.5. The number of aromatic nitrogens is 3. The summed E-state index contributed by atoms with van der Waals surface area (Å²) < 4.78 is 11.5. The summed E-state index contributed by atoms with van der Waals surface area (Å²) in [5.74, 6) is 1.26. The molecule has 0 saturated carbocycles. The molecule has 1 aliphatic heterocycles. The fraction of sp³-hybridized carbons (Fsp3) is 0.300. The number of aromatic hydroxyl groups is 1. The van der Waals surface area contributed by atoms with Gasteiger partial charge in [0.2, 0.25) is 5.82 Å². The van der Waals surface area contributed by atoms with Gasteiger partial charge in [-0.05, 0) is 37.1 Å². The van der Waals surface area contributed by atoms with E-state index in [2.05, 4.69) is 15.1 Å². The molecule has 4 rings (SSSR count). The Labute approximate surface area is 156 Å². The van der Waals surface area contributed by atoms with E-state index in [0.717, 1.165) is 12.8 Å². The van der Waals surface area contributed by atoms with E-state index in [1.807, 2.05) is 13.8 Å². The van der Waals surface area contributed by atoms with Crippen LogP contribution in [0.4, 0.5) is 0 Å². The van der Waals surface area contributed by atoms with Crippen LogP contribution in [0.3, 0.4) is 0 Å². The molecule has 3 aromatic rings. The van der Waals surface area contributed by atoms with E-state index in [9.17, 15) is 9.90 Å². The van der Waals surface area contributed by atoms with E-state index in [1.54, 1.807) is 18.2 Å². The molecule has 27 heavy (non-hydrogen) atoms. The summed E-state index contributed by atoms with van der Waals surface area (Å²) in [5.41, 5.74) is 1.28. The Balaban J connectivity index is 1.68. The molecule has 0 bridgehead atoms. The minimum Gasteiger partial charge on any atom is -0.506 e. The van der Waals surface area contributed by atoms with Gasteiger partial charge in [0.1, 0.15) is 17.1 Å². The zero-order valence-electron chi connectivity index (χ0n) is 15.1. The van der Waals surface area contributed by atoms with Crippen LogP contribution in [0.25, 0.3) is 22.8 Å². The van der Waals surface area contributed by atoms with Gasteiger partial charge in [-0.25, -0.2) is 0 Å². The number of fused-ring (bicyclic) bond motifs is 1. The second-order valence-corrected chi connectivity index (χ2v) is 6.66. The predicted molar refractivity (Wildman–Crippen MR) is 97.5 cm³/mol. The summed E-state index contributed by atoms with van der Waals surface area (Å²) in [6.45, 7) is 4.07. The van der Waals surface area contributed by atoms with Crippen molar-refractivity contribution in [1.29, 1.82) is 0 Å². The Morgan fingerprint density at radius 2 is 1.96 bits per heavy atom. The lowest BCUT2D eigenvalue weighted by molar-refractivity contribution is 0.0350. The van der Waals surface area contributed by atoms with E-state index in [4.69, 9.17) is 9.26 Å². The Hall–Kier alpha value is -3.22. The molecule has 0 spiro atoms.